The molecule has 0 N–H and O–H groups in total. The highest BCUT2D eigenvalue weighted by molar-refractivity contribution is 7.89. The van der Waals surface area contributed by atoms with Crippen LogP contribution in [0.4, 0.5) is 0 Å². The summed E-state index contributed by atoms with van der Waals surface area (Å²) in [5, 5.41) is 1.62. The van der Waals surface area contributed by atoms with Gasteiger partial charge in [-0.15, -0.1) is 0 Å². The second kappa shape index (κ2) is 6.83. The zero-order valence-electron chi connectivity index (χ0n) is 15.1. The number of amides is 1. The predicted octanol–water partition coefficient (Wildman–Crippen LogP) is 2.33. The average Bonchev–Trinajstić information content (AvgIpc) is 3.13. The molecule has 2 aromatic carbocycles. The van der Waals surface area contributed by atoms with Crippen molar-refractivity contribution in [2.24, 2.45) is 7.05 Å². The number of nitrogens with zero attached hydrogens (tertiary/aromatic N) is 3. The topological polar surface area (TPSA) is 62.6 Å². The van der Waals surface area contributed by atoms with Crippen molar-refractivity contribution in [2.45, 2.75) is 4.90 Å². The molecule has 7 heteroatoms. The van der Waals surface area contributed by atoms with Crippen LogP contribution in [0.2, 0.25) is 0 Å². The predicted molar refractivity (Wildman–Crippen MR) is 104 cm³/mol. The molecule has 140 valence electrons. The van der Waals surface area contributed by atoms with Crippen molar-refractivity contribution in [2.75, 3.05) is 26.2 Å². The Kier molecular flexibility index (Phi) is 4.49. The first-order valence-electron chi connectivity index (χ1n) is 8.87. The third kappa shape index (κ3) is 3.13. The molecule has 1 aromatic heterocycles. The fourth-order valence-electron chi connectivity index (χ4n) is 3.54. The van der Waals surface area contributed by atoms with Crippen LogP contribution in [0.15, 0.2) is 65.7 Å². The fourth-order valence-corrected chi connectivity index (χ4v) is 5.17. The summed E-state index contributed by atoms with van der Waals surface area (Å²) in [6, 6.07) is 16.4. The summed E-state index contributed by atoms with van der Waals surface area (Å²) < 4.78 is 29.6. The van der Waals surface area contributed by atoms with Gasteiger partial charge in [0.05, 0.1) is 4.90 Å². The Morgan fingerprint density at radius 1 is 0.889 bits per heavy atom. The van der Waals surface area contributed by atoms with Gasteiger partial charge in [0, 0.05) is 44.8 Å². The Hall–Kier alpha value is -2.64. The number of rotatable bonds is 3. The van der Waals surface area contributed by atoms with Crippen LogP contribution in [0.1, 0.15) is 10.5 Å². The van der Waals surface area contributed by atoms with Gasteiger partial charge >= 0.3 is 0 Å². The molecule has 0 unspecified atom stereocenters. The molecule has 27 heavy (non-hydrogen) atoms. The van der Waals surface area contributed by atoms with E-state index in [1.807, 2.05) is 49.6 Å². The lowest BCUT2D eigenvalue weighted by atomic mass is 10.1. The number of sulfonamides is 1. The van der Waals surface area contributed by atoms with Gasteiger partial charge in [-0.05, 0) is 23.6 Å². The maximum Gasteiger partial charge on any atom is 0.270 e. The fraction of sp³-hybridized carbons (Fsp3) is 0.250. The summed E-state index contributed by atoms with van der Waals surface area (Å²) in [4.78, 5) is 14.7. The molecule has 2 heterocycles. The highest BCUT2D eigenvalue weighted by atomic mass is 32.2. The van der Waals surface area contributed by atoms with Crippen LogP contribution in [0.25, 0.3) is 10.8 Å². The van der Waals surface area contributed by atoms with Crippen LogP contribution < -0.4 is 0 Å². The first kappa shape index (κ1) is 17.8. The molecule has 0 radical (unpaired) electrons. The molecule has 0 atom stereocenters. The molecule has 1 fully saturated rings. The van der Waals surface area contributed by atoms with Gasteiger partial charge in [0.1, 0.15) is 5.69 Å². The minimum absolute atomic E-state index is 0.0651. The van der Waals surface area contributed by atoms with Gasteiger partial charge in [-0.1, -0.05) is 36.4 Å². The number of hydrogen-bond acceptors (Lipinski definition) is 3. The SMILES string of the molecule is Cn1cccc1C(=O)N1CCN(S(=O)(=O)c2cccc3ccccc23)CC1. The van der Waals surface area contributed by atoms with Crippen molar-refractivity contribution in [1.29, 1.82) is 0 Å². The quantitative estimate of drug-likeness (QED) is 0.697. The van der Waals surface area contributed by atoms with E-state index in [1.165, 1.54) is 4.31 Å². The maximum atomic E-state index is 13.2. The Bertz CT molecular complexity index is 1090. The lowest BCUT2D eigenvalue weighted by Gasteiger charge is -2.34. The Balaban J connectivity index is 1.55. The lowest BCUT2D eigenvalue weighted by Crippen LogP contribution is -2.50. The van der Waals surface area contributed by atoms with Crippen LogP contribution in [-0.4, -0.2) is 54.3 Å². The summed E-state index contributed by atoms with van der Waals surface area (Å²) in [5.41, 5.74) is 0.611. The Morgan fingerprint density at radius 2 is 1.59 bits per heavy atom. The number of benzene rings is 2. The number of aryl methyl sites for hydroxylation is 1. The molecule has 0 aliphatic carbocycles. The molecule has 6 nitrogen and oxygen atoms in total. The van der Waals surface area contributed by atoms with Gasteiger partial charge in [-0.3, -0.25) is 4.79 Å². The van der Waals surface area contributed by atoms with Crippen LogP contribution in [0.5, 0.6) is 0 Å². The summed E-state index contributed by atoms with van der Waals surface area (Å²) >= 11 is 0. The van der Waals surface area contributed by atoms with Gasteiger partial charge in [-0.25, -0.2) is 8.42 Å². The molecule has 0 bridgehead atoms. The van der Waals surface area contributed by atoms with E-state index in [-0.39, 0.29) is 5.91 Å². The van der Waals surface area contributed by atoms with Crippen molar-refractivity contribution < 1.29 is 13.2 Å². The van der Waals surface area contributed by atoms with E-state index in [1.54, 1.807) is 27.7 Å². The zero-order valence-corrected chi connectivity index (χ0v) is 15.9. The van der Waals surface area contributed by atoms with E-state index in [0.29, 0.717) is 36.8 Å². The first-order chi connectivity index (χ1) is 13.0. The molecule has 1 amide bonds. The molecule has 1 aliphatic heterocycles. The highest BCUT2D eigenvalue weighted by Crippen LogP contribution is 2.26. The lowest BCUT2D eigenvalue weighted by molar-refractivity contribution is 0.0688. The standard InChI is InChI=1S/C20H21N3O3S/c1-21-11-5-9-18(21)20(24)22-12-14-23(15-13-22)27(25,26)19-10-4-7-16-6-2-3-8-17(16)19/h2-11H,12-15H2,1H3. The van der Waals surface area contributed by atoms with E-state index >= 15 is 0 Å². The molecule has 0 spiro atoms. The number of fused-ring (bicyclic) bond motifs is 1. The van der Waals surface area contributed by atoms with Crippen LogP contribution in [-0.2, 0) is 17.1 Å². The first-order valence-corrected chi connectivity index (χ1v) is 10.3. The largest absolute Gasteiger partial charge is 0.347 e. The Labute approximate surface area is 158 Å². The number of hydrogen-bond donors (Lipinski definition) is 0. The monoisotopic (exact) mass is 383 g/mol. The zero-order chi connectivity index (χ0) is 19.0. The smallest absolute Gasteiger partial charge is 0.270 e. The molecule has 4 rings (SSSR count). The van der Waals surface area contributed by atoms with E-state index in [2.05, 4.69) is 0 Å². The molecule has 0 saturated carbocycles. The van der Waals surface area contributed by atoms with Crippen molar-refractivity contribution in [3.63, 3.8) is 0 Å². The van der Waals surface area contributed by atoms with Gasteiger partial charge in [0.15, 0.2) is 0 Å². The molecular formula is C20H21N3O3S. The number of carbonyl (C=O) groups is 1. The summed E-state index contributed by atoms with van der Waals surface area (Å²) in [5.74, 6) is -0.0651. The Morgan fingerprint density at radius 3 is 2.30 bits per heavy atom. The van der Waals surface area contributed by atoms with Crippen molar-refractivity contribution in [1.82, 2.24) is 13.8 Å². The van der Waals surface area contributed by atoms with Gasteiger partial charge in [0.25, 0.3) is 5.91 Å². The van der Waals surface area contributed by atoms with Crippen LogP contribution >= 0.6 is 0 Å². The van der Waals surface area contributed by atoms with Crippen LogP contribution in [0, 0.1) is 0 Å². The van der Waals surface area contributed by atoms with E-state index in [4.69, 9.17) is 0 Å². The number of aromatic nitrogens is 1. The molecular weight excluding hydrogens is 362 g/mol. The van der Waals surface area contributed by atoms with Gasteiger partial charge in [0.2, 0.25) is 10.0 Å². The second-order valence-electron chi connectivity index (χ2n) is 6.68. The average molecular weight is 383 g/mol. The van der Waals surface area contributed by atoms with Crippen LogP contribution in [0.3, 0.4) is 0 Å². The van der Waals surface area contributed by atoms with Gasteiger partial charge < -0.3 is 9.47 Å². The second-order valence-corrected chi connectivity index (χ2v) is 8.58. The normalized spacial score (nSPS) is 16.0. The number of piperazine rings is 1. The van der Waals surface area contributed by atoms with E-state index in [9.17, 15) is 13.2 Å². The molecule has 3 aromatic rings. The van der Waals surface area contributed by atoms with Gasteiger partial charge in [-0.2, -0.15) is 4.31 Å². The maximum absolute atomic E-state index is 13.2. The van der Waals surface area contributed by atoms with Crippen molar-refractivity contribution in [3.05, 3.63) is 66.5 Å². The third-order valence-electron chi connectivity index (χ3n) is 5.06. The molecule has 1 saturated heterocycles. The van der Waals surface area contributed by atoms with E-state index in [0.717, 1.165) is 10.8 Å². The third-order valence-corrected chi connectivity index (χ3v) is 7.01. The number of carbonyl (C=O) groups excluding carboxylic acids is 1. The van der Waals surface area contributed by atoms with E-state index < -0.39 is 10.0 Å². The summed E-state index contributed by atoms with van der Waals surface area (Å²) in [6.45, 7) is 1.35. The molecule has 1 aliphatic rings. The summed E-state index contributed by atoms with van der Waals surface area (Å²) in [6.07, 6.45) is 1.83. The van der Waals surface area contributed by atoms with Crippen molar-refractivity contribution in [3.8, 4) is 0 Å². The minimum atomic E-state index is -3.61. The minimum Gasteiger partial charge on any atom is -0.347 e. The summed E-state index contributed by atoms with van der Waals surface area (Å²) in [7, 11) is -1.78. The highest BCUT2D eigenvalue weighted by Gasteiger charge is 2.31. The van der Waals surface area contributed by atoms with Crippen molar-refractivity contribution >= 4 is 26.7 Å².